The van der Waals surface area contributed by atoms with Crippen LogP contribution < -0.4 is 0 Å². The maximum atomic E-state index is 11.9. The van der Waals surface area contributed by atoms with Gasteiger partial charge >= 0.3 is 5.97 Å². The average molecular weight is 302 g/mol. The van der Waals surface area contributed by atoms with Crippen molar-refractivity contribution in [2.75, 3.05) is 6.54 Å². The lowest BCUT2D eigenvalue weighted by Gasteiger charge is -2.37. The van der Waals surface area contributed by atoms with E-state index >= 15 is 0 Å². The summed E-state index contributed by atoms with van der Waals surface area (Å²) < 4.78 is 5.11. The van der Waals surface area contributed by atoms with Gasteiger partial charge in [-0.15, -0.1) is 0 Å². The molecule has 0 aliphatic carbocycles. The minimum Gasteiger partial charge on any atom is -0.461 e. The lowest BCUT2D eigenvalue weighted by Crippen LogP contribution is -2.52. The van der Waals surface area contributed by atoms with Gasteiger partial charge < -0.3 is 9.64 Å². The Labute approximate surface area is 109 Å². The molecule has 4 nitrogen and oxygen atoms in total. The SMILES string of the molecule is CC1C(=O)O[C@@H]2CCCN3C(=O)CC[C@H]3[C@]12Br. The van der Waals surface area contributed by atoms with E-state index in [0.717, 1.165) is 25.8 Å². The number of ether oxygens (including phenoxy) is 1. The van der Waals surface area contributed by atoms with Crippen LogP contribution in [0.2, 0.25) is 0 Å². The molecular weight excluding hydrogens is 286 g/mol. The second-order valence-electron chi connectivity index (χ2n) is 5.26. The van der Waals surface area contributed by atoms with Crippen LogP contribution >= 0.6 is 15.9 Å². The lowest BCUT2D eigenvalue weighted by molar-refractivity contribution is -0.144. The molecule has 1 amide bonds. The van der Waals surface area contributed by atoms with Gasteiger partial charge in [-0.25, -0.2) is 0 Å². The number of fused-ring (bicyclic) bond motifs is 3. The van der Waals surface area contributed by atoms with Crippen molar-refractivity contribution in [2.24, 2.45) is 5.92 Å². The molecular formula is C12H16BrNO3. The Kier molecular flexibility index (Phi) is 2.51. The van der Waals surface area contributed by atoms with E-state index in [-0.39, 0.29) is 34.3 Å². The molecule has 17 heavy (non-hydrogen) atoms. The summed E-state index contributed by atoms with van der Waals surface area (Å²) in [6.45, 7) is 2.71. The second kappa shape index (κ2) is 3.70. The summed E-state index contributed by atoms with van der Waals surface area (Å²) in [4.78, 5) is 25.6. The topological polar surface area (TPSA) is 46.6 Å². The minimum absolute atomic E-state index is 0.0779. The van der Waals surface area contributed by atoms with Gasteiger partial charge in [-0.3, -0.25) is 9.59 Å². The number of halogens is 1. The number of carbonyl (C=O) groups is 2. The van der Waals surface area contributed by atoms with Crippen LogP contribution in [0.5, 0.6) is 0 Å². The standard InChI is InChI=1S/C12H16BrNO3/c1-7-11(16)17-9-3-2-6-14-8(12(7,9)13)4-5-10(14)15/h7-9H,2-6H2,1H3/t7?,8-,9+,12+/m0/s1. The molecule has 0 saturated carbocycles. The van der Waals surface area contributed by atoms with Crippen molar-refractivity contribution in [1.29, 1.82) is 0 Å². The molecule has 0 N–H and O–H groups in total. The second-order valence-corrected chi connectivity index (χ2v) is 6.63. The molecule has 0 bridgehead atoms. The summed E-state index contributed by atoms with van der Waals surface area (Å²) in [5, 5.41) is 0. The van der Waals surface area contributed by atoms with Gasteiger partial charge in [0.2, 0.25) is 5.91 Å². The Morgan fingerprint density at radius 1 is 1.41 bits per heavy atom. The van der Waals surface area contributed by atoms with Crippen LogP contribution in [0.1, 0.15) is 32.6 Å². The Morgan fingerprint density at radius 3 is 2.94 bits per heavy atom. The molecule has 0 aromatic rings. The first-order chi connectivity index (χ1) is 8.05. The van der Waals surface area contributed by atoms with Crippen LogP contribution in [-0.4, -0.2) is 39.8 Å². The van der Waals surface area contributed by atoms with E-state index in [2.05, 4.69) is 15.9 Å². The summed E-state index contributed by atoms with van der Waals surface area (Å²) in [5.41, 5.74) is 0. The lowest BCUT2D eigenvalue weighted by atomic mass is 9.83. The smallest absolute Gasteiger partial charge is 0.310 e. The van der Waals surface area contributed by atoms with Crippen LogP contribution in [-0.2, 0) is 14.3 Å². The van der Waals surface area contributed by atoms with Crippen LogP contribution in [0.15, 0.2) is 0 Å². The Bertz CT molecular complexity index is 386. The van der Waals surface area contributed by atoms with Gasteiger partial charge in [-0.05, 0) is 19.3 Å². The van der Waals surface area contributed by atoms with Crippen LogP contribution in [0.3, 0.4) is 0 Å². The van der Waals surface area contributed by atoms with Crippen LogP contribution in [0, 0.1) is 5.92 Å². The first-order valence-corrected chi connectivity index (χ1v) is 7.03. The van der Waals surface area contributed by atoms with E-state index in [9.17, 15) is 9.59 Å². The summed E-state index contributed by atoms with van der Waals surface area (Å²) in [7, 11) is 0. The summed E-state index contributed by atoms with van der Waals surface area (Å²) >= 11 is 3.77. The van der Waals surface area contributed by atoms with Gasteiger partial charge in [0, 0.05) is 13.0 Å². The molecule has 3 saturated heterocycles. The molecule has 4 atom stereocenters. The number of amides is 1. The number of hydrogen-bond acceptors (Lipinski definition) is 3. The molecule has 3 rings (SSSR count). The normalized spacial score (nSPS) is 45.3. The predicted molar refractivity (Wildman–Crippen MR) is 64.7 cm³/mol. The van der Waals surface area contributed by atoms with Gasteiger partial charge in [-0.1, -0.05) is 22.9 Å². The van der Waals surface area contributed by atoms with E-state index in [1.807, 2.05) is 11.8 Å². The molecule has 3 heterocycles. The van der Waals surface area contributed by atoms with Gasteiger partial charge in [0.25, 0.3) is 0 Å². The van der Waals surface area contributed by atoms with Crippen LogP contribution in [0.25, 0.3) is 0 Å². The quantitative estimate of drug-likeness (QED) is 0.503. The third-order valence-corrected chi connectivity index (χ3v) is 6.20. The van der Waals surface area contributed by atoms with E-state index in [0.29, 0.717) is 6.42 Å². The van der Waals surface area contributed by atoms with Gasteiger partial charge in [0.1, 0.15) is 6.10 Å². The van der Waals surface area contributed by atoms with E-state index < -0.39 is 0 Å². The molecule has 1 unspecified atom stereocenters. The van der Waals surface area contributed by atoms with E-state index in [1.165, 1.54) is 0 Å². The van der Waals surface area contributed by atoms with Gasteiger partial charge in [0.05, 0.1) is 16.3 Å². The number of nitrogens with zero attached hydrogens (tertiary/aromatic N) is 1. The Hall–Kier alpha value is -0.580. The molecule has 94 valence electrons. The predicted octanol–water partition coefficient (Wildman–Crippen LogP) is 1.47. The van der Waals surface area contributed by atoms with Crippen molar-refractivity contribution in [3.63, 3.8) is 0 Å². The zero-order valence-corrected chi connectivity index (χ0v) is 11.4. The van der Waals surface area contributed by atoms with E-state index in [1.54, 1.807) is 0 Å². The molecule has 5 heteroatoms. The third kappa shape index (κ3) is 1.41. The highest BCUT2D eigenvalue weighted by molar-refractivity contribution is 9.10. The fourth-order valence-electron chi connectivity index (χ4n) is 3.50. The van der Waals surface area contributed by atoms with Crippen molar-refractivity contribution < 1.29 is 14.3 Å². The van der Waals surface area contributed by atoms with Crippen molar-refractivity contribution in [1.82, 2.24) is 4.90 Å². The Morgan fingerprint density at radius 2 is 2.18 bits per heavy atom. The summed E-state index contributed by atoms with van der Waals surface area (Å²) in [5.74, 6) is -0.0851. The van der Waals surface area contributed by atoms with Crippen molar-refractivity contribution in [3.05, 3.63) is 0 Å². The monoisotopic (exact) mass is 301 g/mol. The third-order valence-electron chi connectivity index (χ3n) is 4.47. The van der Waals surface area contributed by atoms with Gasteiger partial charge in [0.15, 0.2) is 0 Å². The number of alkyl halides is 1. The van der Waals surface area contributed by atoms with Crippen molar-refractivity contribution >= 4 is 27.8 Å². The highest BCUT2D eigenvalue weighted by Crippen LogP contribution is 2.50. The zero-order valence-electron chi connectivity index (χ0n) is 9.82. The number of hydrogen-bond donors (Lipinski definition) is 0. The first-order valence-electron chi connectivity index (χ1n) is 6.24. The Balaban J connectivity index is 2.02. The summed E-state index contributed by atoms with van der Waals surface area (Å²) in [6.07, 6.45) is 3.13. The molecule has 0 aromatic carbocycles. The molecule has 0 spiro atoms. The van der Waals surface area contributed by atoms with Gasteiger partial charge in [-0.2, -0.15) is 0 Å². The number of esters is 1. The molecule has 3 fully saturated rings. The number of carbonyl (C=O) groups excluding carboxylic acids is 2. The highest BCUT2D eigenvalue weighted by Gasteiger charge is 2.61. The largest absolute Gasteiger partial charge is 0.461 e. The zero-order chi connectivity index (χ0) is 12.2. The summed E-state index contributed by atoms with van der Waals surface area (Å²) in [6, 6.07) is 0.115. The molecule has 3 aliphatic heterocycles. The van der Waals surface area contributed by atoms with Crippen molar-refractivity contribution in [2.45, 2.75) is 49.1 Å². The fraction of sp³-hybridized carbons (Fsp3) is 0.833. The van der Waals surface area contributed by atoms with Crippen LogP contribution in [0.4, 0.5) is 0 Å². The molecule has 3 aliphatic rings. The number of rotatable bonds is 0. The fourth-order valence-corrected chi connectivity index (χ4v) is 4.48. The first kappa shape index (κ1) is 11.5. The molecule has 0 aromatic heterocycles. The van der Waals surface area contributed by atoms with Crippen molar-refractivity contribution in [3.8, 4) is 0 Å². The van der Waals surface area contributed by atoms with E-state index in [4.69, 9.17) is 4.74 Å². The minimum atomic E-state index is -0.368. The maximum Gasteiger partial charge on any atom is 0.310 e. The maximum absolute atomic E-state index is 11.9. The molecule has 0 radical (unpaired) electrons. The average Bonchev–Trinajstić information content (AvgIpc) is 2.70. The highest BCUT2D eigenvalue weighted by atomic mass is 79.9.